The van der Waals surface area contributed by atoms with Crippen LogP contribution >= 0.6 is 0 Å². The predicted octanol–water partition coefficient (Wildman–Crippen LogP) is 1.75. The first-order valence-corrected chi connectivity index (χ1v) is 5.88. The van der Waals surface area contributed by atoms with Crippen LogP contribution in [0, 0.1) is 5.92 Å². The van der Waals surface area contributed by atoms with E-state index >= 15 is 0 Å². The highest BCUT2D eigenvalue weighted by molar-refractivity contribution is 5.08. The quantitative estimate of drug-likeness (QED) is 0.793. The number of likely N-dealkylation sites (tertiary alicyclic amines) is 1. The third-order valence-corrected chi connectivity index (χ3v) is 3.50. The number of aromatic nitrogens is 1. The lowest BCUT2D eigenvalue weighted by Gasteiger charge is -2.36. The van der Waals surface area contributed by atoms with Gasteiger partial charge in [0.25, 0.3) is 0 Å². The summed E-state index contributed by atoms with van der Waals surface area (Å²) in [6.07, 6.45) is 4.58. The molecule has 2 rings (SSSR count). The molecule has 3 heteroatoms. The lowest BCUT2D eigenvalue weighted by Crippen LogP contribution is -2.39. The maximum absolute atomic E-state index is 5.75. The fourth-order valence-electron chi connectivity index (χ4n) is 2.44. The van der Waals surface area contributed by atoms with E-state index in [2.05, 4.69) is 28.9 Å². The summed E-state index contributed by atoms with van der Waals surface area (Å²) in [5.74, 6) is 0.691. The zero-order valence-corrected chi connectivity index (χ0v) is 9.45. The molecule has 15 heavy (non-hydrogen) atoms. The molecular weight excluding hydrogens is 186 g/mol. The second-order valence-electron chi connectivity index (χ2n) is 4.54. The molecule has 1 aromatic heterocycles. The van der Waals surface area contributed by atoms with Gasteiger partial charge in [-0.15, -0.1) is 0 Å². The van der Waals surface area contributed by atoms with Crippen LogP contribution < -0.4 is 5.73 Å². The molecule has 0 saturated carbocycles. The minimum Gasteiger partial charge on any atom is -0.364 e. The molecule has 84 valence electrons. The van der Waals surface area contributed by atoms with Crippen molar-refractivity contribution in [3.8, 4) is 0 Å². The number of hydrogen-bond donors (Lipinski definition) is 2. The molecule has 1 fully saturated rings. The molecule has 3 nitrogen and oxygen atoms in total. The lowest BCUT2D eigenvalue weighted by atomic mass is 9.96. The van der Waals surface area contributed by atoms with Crippen LogP contribution in [0.3, 0.4) is 0 Å². The van der Waals surface area contributed by atoms with Crippen molar-refractivity contribution in [2.45, 2.75) is 25.8 Å². The molecular formula is C12H21N3. The smallest absolute Gasteiger partial charge is 0.0470 e. The molecule has 2 heterocycles. The van der Waals surface area contributed by atoms with Gasteiger partial charge in [-0.3, -0.25) is 4.90 Å². The molecule has 3 N–H and O–H groups in total. The first-order chi connectivity index (χ1) is 7.31. The van der Waals surface area contributed by atoms with E-state index in [9.17, 15) is 0 Å². The van der Waals surface area contributed by atoms with Crippen LogP contribution in [-0.2, 0) is 0 Å². The van der Waals surface area contributed by atoms with Gasteiger partial charge in [0.05, 0.1) is 0 Å². The minimum atomic E-state index is 0.495. The molecule has 1 aliphatic rings. The van der Waals surface area contributed by atoms with Crippen LogP contribution in [0.5, 0.6) is 0 Å². The molecule has 0 amide bonds. The average Bonchev–Trinajstić information content (AvgIpc) is 2.81. The van der Waals surface area contributed by atoms with Gasteiger partial charge in [-0.05, 0) is 50.9 Å². The summed E-state index contributed by atoms with van der Waals surface area (Å²) in [5, 5.41) is 0. The van der Waals surface area contributed by atoms with Crippen LogP contribution in [0.15, 0.2) is 18.3 Å². The predicted molar refractivity (Wildman–Crippen MR) is 62.6 cm³/mol. The highest BCUT2D eigenvalue weighted by atomic mass is 15.2. The largest absolute Gasteiger partial charge is 0.364 e. The molecule has 0 bridgehead atoms. The Balaban J connectivity index is 1.98. The third kappa shape index (κ3) is 2.41. The average molecular weight is 207 g/mol. The SMILES string of the molecule is C[C@H](c1ccc[nH]1)N1CCC[C@@H](CN)C1. The Hall–Kier alpha value is -0.800. The van der Waals surface area contributed by atoms with Crippen molar-refractivity contribution in [2.75, 3.05) is 19.6 Å². The second-order valence-corrected chi connectivity index (χ2v) is 4.54. The third-order valence-electron chi connectivity index (χ3n) is 3.50. The molecule has 0 aliphatic carbocycles. The molecule has 1 aliphatic heterocycles. The van der Waals surface area contributed by atoms with E-state index in [1.807, 2.05) is 6.20 Å². The van der Waals surface area contributed by atoms with Gasteiger partial charge in [0.15, 0.2) is 0 Å². The fraction of sp³-hybridized carbons (Fsp3) is 0.667. The van der Waals surface area contributed by atoms with Gasteiger partial charge in [-0.1, -0.05) is 0 Å². The topological polar surface area (TPSA) is 45.0 Å². The van der Waals surface area contributed by atoms with E-state index in [0.29, 0.717) is 12.0 Å². The highest BCUT2D eigenvalue weighted by Crippen LogP contribution is 2.24. The molecule has 0 unspecified atom stereocenters. The summed E-state index contributed by atoms with van der Waals surface area (Å²) >= 11 is 0. The molecule has 1 saturated heterocycles. The lowest BCUT2D eigenvalue weighted by molar-refractivity contribution is 0.132. The van der Waals surface area contributed by atoms with E-state index in [1.54, 1.807) is 0 Å². The van der Waals surface area contributed by atoms with Crippen molar-refractivity contribution in [2.24, 2.45) is 11.7 Å². The number of aromatic amines is 1. The van der Waals surface area contributed by atoms with Gasteiger partial charge in [-0.2, -0.15) is 0 Å². The molecule has 2 atom stereocenters. The summed E-state index contributed by atoms with van der Waals surface area (Å²) in [5.41, 5.74) is 7.06. The van der Waals surface area contributed by atoms with Crippen LogP contribution in [0.1, 0.15) is 31.5 Å². The number of nitrogens with two attached hydrogens (primary N) is 1. The Labute approximate surface area is 91.7 Å². The number of H-pyrrole nitrogens is 1. The monoisotopic (exact) mass is 207 g/mol. The number of piperidine rings is 1. The van der Waals surface area contributed by atoms with Crippen LogP contribution in [0.25, 0.3) is 0 Å². The van der Waals surface area contributed by atoms with Gasteiger partial charge in [0, 0.05) is 24.5 Å². The fourth-order valence-corrected chi connectivity index (χ4v) is 2.44. The Kier molecular flexibility index (Phi) is 3.44. The highest BCUT2D eigenvalue weighted by Gasteiger charge is 2.23. The Morgan fingerprint density at radius 2 is 2.53 bits per heavy atom. The zero-order valence-electron chi connectivity index (χ0n) is 9.45. The maximum atomic E-state index is 5.75. The number of nitrogens with one attached hydrogen (secondary N) is 1. The normalized spacial score (nSPS) is 25.3. The maximum Gasteiger partial charge on any atom is 0.0470 e. The first kappa shape index (κ1) is 10.7. The van der Waals surface area contributed by atoms with Gasteiger partial charge >= 0.3 is 0 Å². The standard InChI is InChI=1S/C12H21N3/c1-10(12-5-2-6-14-12)15-7-3-4-11(8-13)9-15/h2,5-6,10-11,14H,3-4,7-9,13H2,1H3/t10-,11+/m1/s1. The summed E-state index contributed by atoms with van der Waals surface area (Å²) in [6, 6.07) is 4.72. The van der Waals surface area contributed by atoms with Crippen molar-refractivity contribution < 1.29 is 0 Å². The molecule has 1 aromatic rings. The van der Waals surface area contributed by atoms with E-state index in [0.717, 1.165) is 13.1 Å². The summed E-state index contributed by atoms with van der Waals surface area (Å²) < 4.78 is 0. The Morgan fingerprint density at radius 3 is 3.20 bits per heavy atom. The zero-order chi connectivity index (χ0) is 10.7. The number of hydrogen-bond acceptors (Lipinski definition) is 2. The van der Waals surface area contributed by atoms with E-state index < -0.39 is 0 Å². The van der Waals surface area contributed by atoms with E-state index in [1.165, 1.54) is 25.1 Å². The van der Waals surface area contributed by atoms with Crippen LogP contribution in [0.4, 0.5) is 0 Å². The van der Waals surface area contributed by atoms with Crippen molar-refractivity contribution in [1.29, 1.82) is 0 Å². The molecule has 0 spiro atoms. The minimum absolute atomic E-state index is 0.495. The van der Waals surface area contributed by atoms with E-state index in [4.69, 9.17) is 5.73 Å². The van der Waals surface area contributed by atoms with Gasteiger partial charge in [0.1, 0.15) is 0 Å². The van der Waals surface area contributed by atoms with Crippen LogP contribution in [-0.4, -0.2) is 29.5 Å². The van der Waals surface area contributed by atoms with E-state index in [-0.39, 0.29) is 0 Å². The molecule has 0 aromatic carbocycles. The van der Waals surface area contributed by atoms with Crippen molar-refractivity contribution in [3.05, 3.63) is 24.0 Å². The van der Waals surface area contributed by atoms with Crippen LogP contribution in [0.2, 0.25) is 0 Å². The summed E-state index contributed by atoms with van der Waals surface area (Å²) in [6.45, 7) is 5.45. The Bertz CT molecular complexity index is 281. The summed E-state index contributed by atoms with van der Waals surface area (Å²) in [7, 11) is 0. The van der Waals surface area contributed by atoms with Crippen molar-refractivity contribution in [3.63, 3.8) is 0 Å². The number of nitrogens with zero attached hydrogens (tertiary/aromatic N) is 1. The summed E-state index contributed by atoms with van der Waals surface area (Å²) in [4.78, 5) is 5.83. The second kappa shape index (κ2) is 4.81. The Morgan fingerprint density at radius 1 is 1.67 bits per heavy atom. The van der Waals surface area contributed by atoms with Gasteiger partial charge in [0.2, 0.25) is 0 Å². The van der Waals surface area contributed by atoms with Gasteiger partial charge in [-0.25, -0.2) is 0 Å². The van der Waals surface area contributed by atoms with Crippen molar-refractivity contribution >= 4 is 0 Å². The van der Waals surface area contributed by atoms with Crippen molar-refractivity contribution in [1.82, 2.24) is 9.88 Å². The number of rotatable bonds is 3. The van der Waals surface area contributed by atoms with Gasteiger partial charge < -0.3 is 10.7 Å². The first-order valence-electron chi connectivity index (χ1n) is 5.88. The molecule has 0 radical (unpaired) electrons.